The zero-order valence-corrected chi connectivity index (χ0v) is 19.2. The summed E-state index contributed by atoms with van der Waals surface area (Å²) in [5.74, 6) is 0.891. The molecule has 0 bridgehead atoms. The van der Waals surface area contributed by atoms with Gasteiger partial charge in [0, 0.05) is 67.7 Å². The van der Waals surface area contributed by atoms with Crippen LogP contribution in [0.2, 0.25) is 5.15 Å². The van der Waals surface area contributed by atoms with Crippen molar-refractivity contribution in [2.24, 2.45) is 0 Å². The molecule has 1 saturated heterocycles. The number of piperazine rings is 1. The van der Waals surface area contributed by atoms with Crippen LogP contribution >= 0.6 is 11.6 Å². The van der Waals surface area contributed by atoms with Gasteiger partial charge in [0.2, 0.25) is 0 Å². The molecular formula is C24H26ClN5O2. The quantitative estimate of drug-likeness (QED) is 0.526. The van der Waals surface area contributed by atoms with Gasteiger partial charge in [-0.1, -0.05) is 11.6 Å². The Hall–Kier alpha value is -3.19. The Morgan fingerprint density at radius 2 is 1.62 bits per heavy atom. The van der Waals surface area contributed by atoms with Gasteiger partial charge in [0.1, 0.15) is 16.6 Å². The van der Waals surface area contributed by atoms with Gasteiger partial charge in [-0.15, -0.1) is 0 Å². The number of hydrogen-bond acceptors (Lipinski definition) is 6. The molecule has 0 unspecified atom stereocenters. The summed E-state index contributed by atoms with van der Waals surface area (Å²) in [6.07, 6.45) is 6.91. The highest BCUT2D eigenvalue weighted by molar-refractivity contribution is 6.29. The van der Waals surface area contributed by atoms with E-state index >= 15 is 0 Å². The van der Waals surface area contributed by atoms with Crippen LogP contribution in [0.4, 0.5) is 10.6 Å². The van der Waals surface area contributed by atoms with E-state index in [4.69, 9.17) is 16.3 Å². The Morgan fingerprint density at radius 1 is 0.906 bits per heavy atom. The molecule has 0 saturated carbocycles. The third-order valence-electron chi connectivity index (χ3n) is 5.13. The Morgan fingerprint density at radius 3 is 2.25 bits per heavy atom. The van der Waals surface area contributed by atoms with Gasteiger partial charge in [-0.25, -0.2) is 14.8 Å². The predicted octanol–water partition coefficient (Wildman–Crippen LogP) is 4.92. The van der Waals surface area contributed by atoms with Crippen LogP contribution < -0.4 is 4.90 Å². The van der Waals surface area contributed by atoms with E-state index in [2.05, 4.69) is 25.9 Å². The summed E-state index contributed by atoms with van der Waals surface area (Å²) >= 11 is 6.02. The third-order valence-corrected chi connectivity index (χ3v) is 5.34. The standard InChI is InChI=1S/C24H26ClN5O2/c1-24(2,3)32-23(31)30-10-8-29(9-11-30)22-5-4-18(16-28-22)20-12-19(14-26-15-20)17-6-7-27-21(25)13-17/h4-7,12-16H,8-11H2,1-3H3. The van der Waals surface area contributed by atoms with Crippen molar-refractivity contribution in [3.63, 3.8) is 0 Å². The molecule has 1 aliphatic rings. The lowest BCUT2D eigenvalue weighted by Crippen LogP contribution is -2.50. The fourth-order valence-electron chi connectivity index (χ4n) is 3.53. The number of halogens is 1. The van der Waals surface area contributed by atoms with E-state index in [0.29, 0.717) is 31.3 Å². The molecule has 3 aromatic rings. The molecule has 3 aromatic heterocycles. The molecule has 32 heavy (non-hydrogen) atoms. The lowest BCUT2D eigenvalue weighted by Gasteiger charge is -2.36. The minimum Gasteiger partial charge on any atom is -0.444 e. The molecule has 1 amide bonds. The van der Waals surface area contributed by atoms with Gasteiger partial charge < -0.3 is 14.5 Å². The van der Waals surface area contributed by atoms with Gasteiger partial charge in [0.15, 0.2) is 0 Å². The van der Waals surface area contributed by atoms with E-state index in [0.717, 1.165) is 28.1 Å². The molecule has 0 aliphatic carbocycles. The maximum atomic E-state index is 12.3. The molecule has 0 aromatic carbocycles. The number of hydrogen-bond donors (Lipinski definition) is 0. The Bertz CT molecular complexity index is 1090. The van der Waals surface area contributed by atoms with Crippen LogP contribution in [0.25, 0.3) is 22.3 Å². The number of nitrogens with zero attached hydrogens (tertiary/aromatic N) is 5. The molecule has 166 valence electrons. The van der Waals surface area contributed by atoms with Crippen LogP contribution in [-0.4, -0.2) is 57.7 Å². The fourth-order valence-corrected chi connectivity index (χ4v) is 3.70. The largest absolute Gasteiger partial charge is 0.444 e. The summed E-state index contributed by atoms with van der Waals surface area (Å²) in [6, 6.07) is 9.85. The van der Waals surface area contributed by atoms with Gasteiger partial charge in [0.05, 0.1) is 0 Å². The second kappa shape index (κ2) is 9.12. The van der Waals surface area contributed by atoms with E-state index in [1.165, 1.54) is 0 Å². The molecule has 0 N–H and O–H groups in total. The van der Waals surface area contributed by atoms with E-state index < -0.39 is 5.60 Å². The number of amides is 1. The third kappa shape index (κ3) is 5.34. The van der Waals surface area contributed by atoms with Crippen molar-refractivity contribution in [2.75, 3.05) is 31.1 Å². The number of pyridine rings is 3. The minimum atomic E-state index is -0.485. The van der Waals surface area contributed by atoms with Gasteiger partial charge in [-0.05, 0) is 56.7 Å². The number of anilines is 1. The average Bonchev–Trinajstić information content (AvgIpc) is 2.78. The van der Waals surface area contributed by atoms with Crippen molar-refractivity contribution in [3.8, 4) is 22.3 Å². The van der Waals surface area contributed by atoms with Crippen molar-refractivity contribution in [1.29, 1.82) is 0 Å². The first-order valence-electron chi connectivity index (χ1n) is 10.5. The SMILES string of the molecule is CC(C)(C)OC(=O)N1CCN(c2ccc(-c3cncc(-c4ccnc(Cl)c4)c3)cn2)CC1. The molecule has 0 atom stereocenters. The molecule has 4 heterocycles. The van der Waals surface area contributed by atoms with Crippen LogP contribution in [0, 0.1) is 0 Å². The van der Waals surface area contributed by atoms with Crippen LogP contribution in [0.5, 0.6) is 0 Å². The van der Waals surface area contributed by atoms with Gasteiger partial charge >= 0.3 is 6.09 Å². The first-order valence-corrected chi connectivity index (χ1v) is 10.9. The predicted molar refractivity (Wildman–Crippen MR) is 126 cm³/mol. The van der Waals surface area contributed by atoms with Crippen LogP contribution in [-0.2, 0) is 4.74 Å². The normalized spacial score (nSPS) is 14.4. The molecule has 4 rings (SSSR count). The summed E-state index contributed by atoms with van der Waals surface area (Å²) in [7, 11) is 0. The zero-order chi connectivity index (χ0) is 22.7. The second-order valence-corrected chi connectivity index (χ2v) is 9.08. The lowest BCUT2D eigenvalue weighted by atomic mass is 10.0. The van der Waals surface area contributed by atoms with Crippen molar-refractivity contribution in [1.82, 2.24) is 19.9 Å². The Labute approximate surface area is 193 Å². The van der Waals surface area contributed by atoms with E-state index in [9.17, 15) is 4.79 Å². The smallest absolute Gasteiger partial charge is 0.410 e. The van der Waals surface area contributed by atoms with Crippen LogP contribution in [0.3, 0.4) is 0 Å². The summed E-state index contributed by atoms with van der Waals surface area (Å²) in [4.78, 5) is 29.3. The highest BCUT2D eigenvalue weighted by atomic mass is 35.5. The van der Waals surface area contributed by atoms with Gasteiger partial charge in [0.25, 0.3) is 0 Å². The second-order valence-electron chi connectivity index (χ2n) is 8.69. The average molecular weight is 452 g/mol. The van der Waals surface area contributed by atoms with Crippen molar-refractivity contribution >= 4 is 23.5 Å². The topological polar surface area (TPSA) is 71.5 Å². The van der Waals surface area contributed by atoms with Crippen molar-refractivity contribution < 1.29 is 9.53 Å². The molecule has 0 spiro atoms. The first kappa shape index (κ1) is 22.0. The number of ether oxygens (including phenoxy) is 1. The molecule has 7 nitrogen and oxygen atoms in total. The number of carbonyl (C=O) groups is 1. The van der Waals surface area contributed by atoms with E-state index in [1.54, 1.807) is 17.3 Å². The van der Waals surface area contributed by atoms with Crippen LogP contribution in [0.15, 0.2) is 55.1 Å². The summed E-state index contributed by atoms with van der Waals surface area (Å²) in [6.45, 7) is 8.28. The van der Waals surface area contributed by atoms with E-state index in [1.807, 2.05) is 57.4 Å². The highest BCUT2D eigenvalue weighted by Crippen LogP contribution is 2.27. The molecule has 0 radical (unpaired) electrons. The fraction of sp³-hybridized carbons (Fsp3) is 0.333. The number of rotatable bonds is 3. The Kier molecular flexibility index (Phi) is 6.28. The first-order chi connectivity index (χ1) is 15.3. The lowest BCUT2D eigenvalue weighted by molar-refractivity contribution is 0.0240. The molecule has 8 heteroatoms. The van der Waals surface area contributed by atoms with Gasteiger partial charge in [-0.2, -0.15) is 0 Å². The van der Waals surface area contributed by atoms with Crippen LogP contribution in [0.1, 0.15) is 20.8 Å². The van der Waals surface area contributed by atoms with Crippen molar-refractivity contribution in [2.45, 2.75) is 26.4 Å². The van der Waals surface area contributed by atoms with Crippen molar-refractivity contribution in [3.05, 3.63) is 60.3 Å². The minimum absolute atomic E-state index is 0.261. The molecule has 1 fully saturated rings. The highest BCUT2D eigenvalue weighted by Gasteiger charge is 2.26. The summed E-state index contributed by atoms with van der Waals surface area (Å²) < 4.78 is 5.47. The number of aromatic nitrogens is 3. The van der Waals surface area contributed by atoms with Gasteiger partial charge in [-0.3, -0.25) is 4.98 Å². The summed E-state index contributed by atoms with van der Waals surface area (Å²) in [5.41, 5.74) is 3.40. The van der Waals surface area contributed by atoms with E-state index in [-0.39, 0.29) is 6.09 Å². The maximum Gasteiger partial charge on any atom is 0.410 e. The summed E-state index contributed by atoms with van der Waals surface area (Å²) in [5, 5.41) is 0.450. The monoisotopic (exact) mass is 451 g/mol. The number of carbonyl (C=O) groups excluding carboxylic acids is 1. The Balaban J connectivity index is 1.42. The zero-order valence-electron chi connectivity index (χ0n) is 18.5. The maximum absolute atomic E-state index is 12.3. The molecular weight excluding hydrogens is 426 g/mol. The molecule has 1 aliphatic heterocycles.